The Morgan fingerprint density at radius 2 is 1.86 bits per heavy atom. The monoisotopic (exact) mass is 357 g/mol. The molecule has 0 saturated carbocycles. The average Bonchev–Trinajstić information content (AvgIpc) is 2.41. The third-order valence-corrected chi connectivity index (χ3v) is 3.61. The third-order valence-electron chi connectivity index (χ3n) is 2.83. The Hall–Kier alpha value is -0.580. The number of hydrogen-bond acceptors (Lipinski definition) is 3. The van der Waals surface area contributed by atoms with E-state index in [0.29, 0.717) is 25.0 Å². The number of halogens is 1. The van der Waals surface area contributed by atoms with E-state index in [0.717, 1.165) is 29.9 Å². The highest BCUT2D eigenvalue weighted by molar-refractivity contribution is 9.10. The highest BCUT2D eigenvalue weighted by atomic mass is 79.9. The van der Waals surface area contributed by atoms with Crippen molar-refractivity contribution in [1.82, 2.24) is 5.32 Å². The summed E-state index contributed by atoms with van der Waals surface area (Å²) < 4.78 is 12.4. The summed E-state index contributed by atoms with van der Waals surface area (Å²) >= 11 is 3.59. The van der Waals surface area contributed by atoms with Crippen molar-refractivity contribution in [3.8, 4) is 5.75 Å². The van der Waals surface area contributed by atoms with Gasteiger partial charge in [-0.15, -0.1) is 0 Å². The summed E-state index contributed by atoms with van der Waals surface area (Å²) in [5.74, 6) is 2.12. The molecule has 0 spiro atoms. The molecule has 0 unspecified atom stereocenters. The number of benzene rings is 1. The average molecular weight is 358 g/mol. The molecule has 21 heavy (non-hydrogen) atoms. The molecule has 0 aliphatic heterocycles. The Labute approximate surface area is 137 Å². The van der Waals surface area contributed by atoms with E-state index in [-0.39, 0.29) is 0 Å². The third kappa shape index (κ3) is 8.44. The van der Waals surface area contributed by atoms with Crippen molar-refractivity contribution in [1.29, 1.82) is 0 Å². The molecule has 0 fully saturated rings. The van der Waals surface area contributed by atoms with E-state index in [1.165, 1.54) is 5.56 Å². The van der Waals surface area contributed by atoms with Gasteiger partial charge in [0.25, 0.3) is 0 Å². The molecule has 0 atom stereocenters. The quantitative estimate of drug-likeness (QED) is 0.635. The van der Waals surface area contributed by atoms with E-state index in [2.05, 4.69) is 55.0 Å². The van der Waals surface area contributed by atoms with Gasteiger partial charge < -0.3 is 14.8 Å². The number of nitrogens with one attached hydrogen (secondary N) is 1. The maximum Gasteiger partial charge on any atom is 0.119 e. The van der Waals surface area contributed by atoms with Gasteiger partial charge in [0.2, 0.25) is 0 Å². The molecule has 1 rings (SSSR count). The van der Waals surface area contributed by atoms with Crippen molar-refractivity contribution >= 4 is 15.9 Å². The summed E-state index contributed by atoms with van der Waals surface area (Å²) in [5.41, 5.74) is 1.22. The Morgan fingerprint density at radius 1 is 1.10 bits per heavy atom. The second-order valence-electron chi connectivity index (χ2n) is 6.10. The minimum atomic E-state index is 0.566. The van der Waals surface area contributed by atoms with Gasteiger partial charge >= 0.3 is 0 Å². The standard InChI is InChI=1S/C17H28BrNO2/c1-13(2)10-19-11-15-9-16(5-6-17(15)18)21-8-7-20-12-14(3)4/h5-6,9,13-14,19H,7-8,10-12H2,1-4H3. The zero-order valence-electron chi connectivity index (χ0n) is 13.6. The second kappa shape index (κ2) is 10.2. The smallest absolute Gasteiger partial charge is 0.119 e. The van der Waals surface area contributed by atoms with Crippen LogP contribution < -0.4 is 10.1 Å². The van der Waals surface area contributed by atoms with E-state index < -0.39 is 0 Å². The van der Waals surface area contributed by atoms with Crippen LogP contribution in [0.25, 0.3) is 0 Å². The van der Waals surface area contributed by atoms with Gasteiger partial charge in [-0.25, -0.2) is 0 Å². The first-order valence-corrected chi connectivity index (χ1v) is 8.48. The van der Waals surface area contributed by atoms with E-state index in [1.54, 1.807) is 0 Å². The molecule has 0 saturated heterocycles. The molecule has 0 radical (unpaired) electrons. The van der Waals surface area contributed by atoms with Crippen molar-refractivity contribution in [3.63, 3.8) is 0 Å². The second-order valence-corrected chi connectivity index (χ2v) is 6.95. The van der Waals surface area contributed by atoms with Gasteiger partial charge in [0.1, 0.15) is 12.4 Å². The van der Waals surface area contributed by atoms with E-state index >= 15 is 0 Å². The van der Waals surface area contributed by atoms with Crippen molar-refractivity contribution in [3.05, 3.63) is 28.2 Å². The fraction of sp³-hybridized carbons (Fsp3) is 0.647. The van der Waals surface area contributed by atoms with E-state index in [1.807, 2.05) is 12.1 Å². The Kier molecular flexibility index (Phi) is 8.97. The topological polar surface area (TPSA) is 30.5 Å². The molecule has 1 aromatic carbocycles. The zero-order chi connectivity index (χ0) is 15.7. The Bertz CT molecular complexity index is 408. The van der Waals surface area contributed by atoms with Crippen LogP contribution in [-0.2, 0) is 11.3 Å². The molecule has 0 aliphatic carbocycles. The van der Waals surface area contributed by atoms with Gasteiger partial charge in [0.15, 0.2) is 0 Å². The highest BCUT2D eigenvalue weighted by Gasteiger charge is 2.03. The lowest BCUT2D eigenvalue weighted by Crippen LogP contribution is -2.19. The number of ether oxygens (including phenoxy) is 2. The molecule has 3 nitrogen and oxygen atoms in total. The maximum atomic E-state index is 5.74. The van der Waals surface area contributed by atoms with E-state index in [9.17, 15) is 0 Å². The van der Waals surface area contributed by atoms with Crippen LogP contribution in [-0.4, -0.2) is 26.4 Å². The first kappa shape index (κ1) is 18.5. The van der Waals surface area contributed by atoms with Crippen molar-refractivity contribution < 1.29 is 9.47 Å². The highest BCUT2D eigenvalue weighted by Crippen LogP contribution is 2.22. The summed E-state index contributed by atoms with van der Waals surface area (Å²) in [4.78, 5) is 0. The van der Waals surface area contributed by atoms with Crippen LogP contribution in [0, 0.1) is 11.8 Å². The van der Waals surface area contributed by atoms with Gasteiger partial charge in [-0.2, -0.15) is 0 Å². The van der Waals surface area contributed by atoms with Crippen LogP contribution in [0.5, 0.6) is 5.75 Å². The summed E-state index contributed by atoms with van der Waals surface area (Å²) in [6.45, 7) is 12.6. The predicted octanol–water partition coefficient (Wildman–Crippen LogP) is 4.25. The van der Waals surface area contributed by atoms with Crippen molar-refractivity contribution in [2.45, 2.75) is 34.2 Å². The van der Waals surface area contributed by atoms with Crippen molar-refractivity contribution in [2.24, 2.45) is 11.8 Å². The molecule has 120 valence electrons. The first-order chi connectivity index (χ1) is 9.99. The fourth-order valence-corrected chi connectivity index (χ4v) is 2.20. The molecule has 0 aromatic heterocycles. The molecular formula is C17H28BrNO2. The summed E-state index contributed by atoms with van der Waals surface area (Å²) in [7, 11) is 0. The number of rotatable bonds is 10. The summed E-state index contributed by atoms with van der Waals surface area (Å²) in [6, 6.07) is 6.11. The largest absolute Gasteiger partial charge is 0.491 e. The van der Waals surface area contributed by atoms with Crippen LogP contribution in [0.3, 0.4) is 0 Å². The van der Waals surface area contributed by atoms with Crippen LogP contribution in [0.2, 0.25) is 0 Å². The lowest BCUT2D eigenvalue weighted by molar-refractivity contribution is 0.0819. The molecule has 1 aromatic rings. The van der Waals surface area contributed by atoms with Crippen LogP contribution in [0.15, 0.2) is 22.7 Å². The van der Waals surface area contributed by atoms with Gasteiger partial charge in [-0.1, -0.05) is 43.6 Å². The lowest BCUT2D eigenvalue weighted by atomic mass is 10.2. The van der Waals surface area contributed by atoms with E-state index in [4.69, 9.17) is 9.47 Å². The normalized spacial score (nSPS) is 11.4. The fourth-order valence-electron chi connectivity index (χ4n) is 1.81. The molecule has 4 heteroatoms. The number of hydrogen-bond donors (Lipinski definition) is 1. The SMILES string of the molecule is CC(C)CNCc1cc(OCCOCC(C)C)ccc1Br. The zero-order valence-corrected chi connectivity index (χ0v) is 15.2. The van der Waals surface area contributed by atoms with Gasteiger partial charge in [0, 0.05) is 17.6 Å². The molecular weight excluding hydrogens is 330 g/mol. The Balaban J connectivity index is 2.38. The maximum absolute atomic E-state index is 5.74. The molecule has 0 amide bonds. The van der Waals surface area contributed by atoms with Crippen molar-refractivity contribution in [2.75, 3.05) is 26.4 Å². The molecule has 1 N–H and O–H groups in total. The Morgan fingerprint density at radius 3 is 2.52 bits per heavy atom. The molecule has 0 aliphatic rings. The van der Waals surface area contributed by atoms with Gasteiger partial charge in [0.05, 0.1) is 6.61 Å². The minimum absolute atomic E-state index is 0.566. The van der Waals surface area contributed by atoms with Crippen LogP contribution in [0.4, 0.5) is 0 Å². The summed E-state index contributed by atoms with van der Waals surface area (Å²) in [5, 5.41) is 3.45. The first-order valence-electron chi connectivity index (χ1n) is 7.68. The van der Waals surface area contributed by atoms with Gasteiger partial charge in [-0.3, -0.25) is 0 Å². The minimum Gasteiger partial charge on any atom is -0.491 e. The molecule has 0 heterocycles. The summed E-state index contributed by atoms with van der Waals surface area (Å²) in [6.07, 6.45) is 0. The lowest BCUT2D eigenvalue weighted by Gasteiger charge is -2.12. The molecule has 0 bridgehead atoms. The van der Waals surface area contributed by atoms with Crippen LogP contribution in [0.1, 0.15) is 33.3 Å². The van der Waals surface area contributed by atoms with Gasteiger partial charge in [-0.05, 0) is 42.1 Å². The van der Waals surface area contributed by atoms with Crippen LogP contribution >= 0.6 is 15.9 Å². The predicted molar refractivity (Wildman–Crippen MR) is 91.8 cm³/mol.